The summed E-state index contributed by atoms with van der Waals surface area (Å²) in [5.74, 6) is -0.677. The van der Waals surface area contributed by atoms with E-state index >= 15 is 0 Å². The van der Waals surface area contributed by atoms with Crippen LogP contribution in [0.25, 0.3) is 0 Å². The van der Waals surface area contributed by atoms with Crippen molar-refractivity contribution in [3.8, 4) is 11.5 Å². The lowest BCUT2D eigenvalue weighted by molar-refractivity contribution is -0.385. The van der Waals surface area contributed by atoms with Gasteiger partial charge < -0.3 is 20.1 Å². The van der Waals surface area contributed by atoms with E-state index in [4.69, 9.17) is 15.2 Å². The van der Waals surface area contributed by atoms with Gasteiger partial charge in [-0.15, -0.1) is 0 Å². The van der Waals surface area contributed by atoms with Crippen LogP contribution in [0.15, 0.2) is 18.2 Å². The molecule has 1 aromatic rings. The molecule has 1 atom stereocenters. The minimum absolute atomic E-state index is 0.114. The Morgan fingerprint density at radius 2 is 2.17 bits per heavy atom. The zero-order valence-corrected chi connectivity index (χ0v) is 13.3. The predicted molar refractivity (Wildman–Crippen MR) is 83.6 cm³/mol. The third kappa shape index (κ3) is 4.12. The molecular formula is C15H19N3O6. The van der Waals surface area contributed by atoms with Gasteiger partial charge in [-0.2, -0.15) is 0 Å². The maximum Gasteiger partial charge on any atom is 0.273 e. The number of rotatable bonds is 6. The van der Waals surface area contributed by atoms with Crippen LogP contribution >= 0.6 is 0 Å². The number of primary amides is 1. The van der Waals surface area contributed by atoms with Crippen molar-refractivity contribution in [1.82, 2.24) is 4.90 Å². The summed E-state index contributed by atoms with van der Waals surface area (Å²) < 4.78 is 10.5. The standard InChI is InChI=1S/C15H19N3O6/c1-23-12-5-4-11(18(21)22)7-13(12)24-9-14(19)17-6-2-3-10(8-17)15(16)20/h4-5,7,10H,2-3,6,8-9H2,1H3,(H2,16,20)/t10-/m1/s1. The largest absolute Gasteiger partial charge is 0.493 e. The highest BCUT2D eigenvalue weighted by Gasteiger charge is 2.27. The summed E-state index contributed by atoms with van der Waals surface area (Å²) >= 11 is 0. The van der Waals surface area contributed by atoms with Crippen molar-refractivity contribution in [3.05, 3.63) is 28.3 Å². The number of nitro benzene ring substituents is 1. The summed E-state index contributed by atoms with van der Waals surface area (Å²) in [5.41, 5.74) is 5.13. The number of methoxy groups -OCH3 is 1. The molecule has 1 aromatic carbocycles. The molecule has 9 nitrogen and oxygen atoms in total. The number of benzene rings is 1. The van der Waals surface area contributed by atoms with Gasteiger partial charge in [0, 0.05) is 19.2 Å². The van der Waals surface area contributed by atoms with Crippen LogP contribution < -0.4 is 15.2 Å². The van der Waals surface area contributed by atoms with E-state index in [-0.39, 0.29) is 36.4 Å². The molecule has 0 radical (unpaired) electrons. The second-order valence-electron chi connectivity index (χ2n) is 5.46. The van der Waals surface area contributed by atoms with E-state index < -0.39 is 10.8 Å². The minimum atomic E-state index is -0.559. The van der Waals surface area contributed by atoms with Gasteiger partial charge in [0.1, 0.15) is 0 Å². The van der Waals surface area contributed by atoms with Crippen molar-refractivity contribution >= 4 is 17.5 Å². The van der Waals surface area contributed by atoms with E-state index in [0.29, 0.717) is 25.1 Å². The Bertz CT molecular complexity index is 648. The molecule has 0 unspecified atom stereocenters. The van der Waals surface area contributed by atoms with E-state index in [1.165, 1.54) is 30.2 Å². The van der Waals surface area contributed by atoms with Gasteiger partial charge in [0.15, 0.2) is 18.1 Å². The zero-order valence-electron chi connectivity index (χ0n) is 13.3. The van der Waals surface area contributed by atoms with Crippen LogP contribution in [-0.4, -0.2) is 48.4 Å². The highest BCUT2D eigenvalue weighted by molar-refractivity contribution is 5.81. The summed E-state index contributed by atoms with van der Waals surface area (Å²) in [6, 6.07) is 3.89. The number of ether oxygens (including phenoxy) is 2. The molecule has 2 rings (SSSR count). The van der Waals surface area contributed by atoms with Gasteiger partial charge in [0.05, 0.1) is 24.0 Å². The fourth-order valence-corrected chi connectivity index (χ4v) is 2.56. The van der Waals surface area contributed by atoms with Crippen molar-refractivity contribution in [3.63, 3.8) is 0 Å². The van der Waals surface area contributed by atoms with E-state index in [2.05, 4.69) is 0 Å². The molecule has 0 aliphatic carbocycles. The third-order valence-electron chi connectivity index (χ3n) is 3.89. The smallest absolute Gasteiger partial charge is 0.273 e. The van der Waals surface area contributed by atoms with Crippen LogP contribution in [0, 0.1) is 16.0 Å². The predicted octanol–water partition coefficient (Wildman–Crippen LogP) is 0.706. The average Bonchev–Trinajstić information content (AvgIpc) is 2.59. The van der Waals surface area contributed by atoms with E-state index in [0.717, 1.165) is 0 Å². The monoisotopic (exact) mass is 337 g/mol. The first-order chi connectivity index (χ1) is 11.4. The topological polar surface area (TPSA) is 125 Å². The number of nitro groups is 1. The van der Waals surface area contributed by atoms with Gasteiger partial charge in [-0.05, 0) is 18.9 Å². The van der Waals surface area contributed by atoms with Crippen molar-refractivity contribution < 1.29 is 24.0 Å². The van der Waals surface area contributed by atoms with Gasteiger partial charge in [0.2, 0.25) is 5.91 Å². The van der Waals surface area contributed by atoms with Crippen LogP contribution in [0.1, 0.15) is 12.8 Å². The van der Waals surface area contributed by atoms with Crippen LogP contribution in [0.2, 0.25) is 0 Å². The van der Waals surface area contributed by atoms with Crippen LogP contribution in [0.4, 0.5) is 5.69 Å². The first-order valence-corrected chi connectivity index (χ1v) is 7.44. The highest BCUT2D eigenvalue weighted by atomic mass is 16.6. The van der Waals surface area contributed by atoms with E-state index in [1.54, 1.807) is 0 Å². The first-order valence-electron chi connectivity index (χ1n) is 7.44. The summed E-state index contributed by atoms with van der Waals surface area (Å²) in [4.78, 5) is 35.3. The van der Waals surface area contributed by atoms with Crippen LogP contribution in [-0.2, 0) is 9.59 Å². The maximum atomic E-state index is 12.2. The lowest BCUT2D eigenvalue weighted by Gasteiger charge is -2.31. The molecule has 1 heterocycles. The summed E-state index contributed by atoms with van der Waals surface area (Å²) in [5, 5.41) is 10.8. The molecule has 2 amide bonds. The molecule has 0 spiro atoms. The Morgan fingerprint density at radius 3 is 2.79 bits per heavy atom. The second kappa shape index (κ2) is 7.62. The number of likely N-dealkylation sites (tertiary alicyclic amines) is 1. The summed E-state index contributed by atoms with van der Waals surface area (Å²) in [7, 11) is 1.40. The van der Waals surface area contributed by atoms with Crippen molar-refractivity contribution in [2.45, 2.75) is 12.8 Å². The molecule has 0 saturated carbocycles. The summed E-state index contributed by atoms with van der Waals surface area (Å²) in [6.07, 6.45) is 1.36. The average molecular weight is 337 g/mol. The molecule has 1 saturated heterocycles. The minimum Gasteiger partial charge on any atom is -0.493 e. The molecule has 1 aliphatic heterocycles. The lowest BCUT2D eigenvalue weighted by Crippen LogP contribution is -2.45. The number of nitrogens with zero attached hydrogens (tertiary/aromatic N) is 2. The van der Waals surface area contributed by atoms with Gasteiger partial charge in [0.25, 0.3) is 11.6 Å². The van der Waals surface area contributed by atoms with Crippen LogP contribution in [0.3, 0.4) is 0 Å². The molecule has 130 valence electrons. The Labute approximate surface area is 138 Å². The van der Waals surface area contributed by atoms with Gasteiger partial charge in [-0.25, -0.2) is 0 Å². The Balaban J connectivity index is 2.02. The number of hydrogen-bond donors (Lipinski definition) is 1. The molecule has 24 heavy (non-hydrogen) atoms. The van der Waals surface area contributed by atoms with Gasteiger partial charge >= 0.3 is 0 Å². The normalized spacial score (nSPS) is 17.2. The number of carbonyl (C=O) groups excluding carboxylic acids is 2. The van der Waals surface area contributed by atoms with Gasteiger partial charge in [-0.1, -0.05) is 0 Å². The number of amides is 2. The number of nitrogens with two attached hydrogens (primary N) is 1. The van der Waals surface area contributed by atoms with E-state index in [9.17, 15) is 19.7 Å². The molecule has 1 aliphatic rings. The molecule has 0 aromatic heterocycles. The highest BCUT2D eigenvalue weighted by Crippen LogP contribution is 2.31. The second-order valence-corrected chi connectivity index (χ2v) is 5.46. The maximum absolute atomic E-state index is 12.2. The molecule has 9 heteroatoms. The van der Waals surface area contributed by atoms with Crippen molar-refractivity contribution in [2.75, 3.05) is 26.8 Å². The van der Waals surface area contributed by atoms with Crippen LogP contribution in [0.5, 0.6) is 11.5 Å². The summed E-state index contributed by atoms with van der Waals surface area (Å²) in [6.45, 7) is 0.491. The Hall–Kier alpha value is -2.84. The zero-order chi connectivity index (χ0) is 17.7. The molecule has 2 N–H and O–H groups in total. The number of non-ortho nitro benzene ring substituents is 1. The Morgan fingerprint density at radius 1 is 1.42 bits per heavy atom. The number of piperidine rings is 1. The van der Waals surface area contributed by atoms with Crippen molar-refractivity contribution in [2.24, 2.45) is 11.7 Å². The molecule has 0 bridgehead atoms. The molecule has 1 fully saturated rings. The number of hydrogen-bond acceptors (Lipinski definition) is 6. The van der Waals surface area contributed by atoms with E-state index in [1.807, 2.05) is 0 Å². The van der Waals surface area contributed by atoms with Gasteiger partial charge in [-0.3, -0.25) is 19.7 Å². The quantitative estimate of drug-likeness (QED) is 0.602. The fraction of sp³-hybridized carbons (Fsp3) is 0.467. The first kappa shape index (κ1) is 17.5. The Kier molecular flexibility index (Phi) is 5.56. The SMILES string of the molecule is COc1ccc([N+](=O)[O-])cc1OCC(=O)N1CCC[C@@H](C(N)=O)C1. The van der Waals surface area contributed by atoms with Crippen molar-refractivity contribution in [1.29, 1.82) is 0 Å². The third-order valence-corrected chi connectivity index (χ3v) is 3.89. The number of carbonyl (C=O) groups is 2. The fourth-order valence-electron chi connectivity index (χ4n) is 2.56. The molecular weight excluding hydrogens is 318 g/mol. The lowest BCUT2D eigenvalue weighted by atomic mass is 9.97.